The number of fused-ring (bicyclic) bond motifs is 1. The topological polar surface area (TPSA) is 49.0 Å². The summed E-state index contributed by atoms with van der Waals surface area (Å²) in [4.78, 5) is 15.0. The Morgan fingerprint density at radius 2 is 1.70 bits per heavy atom. The van der Waals surface area contributed by atoms with Crippen LogP contribution in [0.1, 0.15) is 33.2 Å². The third kappa shape index (κ3) is 2.95. The van der Waals surface area contributed by atoms with E-state index in [1.54, 1.807) is 23.1 Å². The molecule has 0 unspecified atom stereocenters. The van der Waals surface area contributed by atoms with Gasteiger partial charge in [-0.15, -0.1) is 0 Å². The van der Waals surface area contributed by atoms with Crippen LogP contribution in [0.3, 0.4) is 0 Å². The van der Waals surface area contributed by atoms with Gasteiger partial charge in [0.25, 0.3) is 5.91 Å². The Hall–Kier alpha value is -3.25. The minimum absolute atomic E-state index is 0.224. The number of carbonyl (C=O) groups is 1. The number of hydrogen-bond acceptors (Lipinski definition) is 2. The highest BCUT2D eigenvalue weighted by molar-refractivity contribution is 9.10. The maximum absolute atomic E-state index is 14.9. The Morgan fingerprint density at radius 3 is 2.40 bits per heavy atom. The normalized spacial score (nSPS) is 15.5. The lowest BCUT2D eigenvalue weighted by Crippen LogP contribution is -2.29. The van der Waals surface area contributed by atoms with Gasteiger partial charge < -0.3 is 0 Å². The van der Waals surface area contributed by atoms with Crippen LogP contribution in [0.5, 0.6) is 0 Å². The highest BCUT2D eigenvalue weighted by Gasteiger charge is 2.44. The van der Waals surface area contributed by atoms with E-state index in [1.807, 2.05) is 55.5 Å². The molecule has 4 nitrogen and oxygen atoms in total. The molecule has 0 fully saturated rings. The molecule has 4 aromatic rings. The third-order valence-corrected chi connectivity index (χ3v) is 5.93. The summed E-state index contributed by atoms with van der Waals surface area (Å²) >= 11 is 3.44. The number of halogens is 2. The van der Waals surface area contributed by atoms with E-state index in [-0.39, 0.29) is 11.7 Å². The highest BCUT2D eigenvalue weighted by Crippen LogP contribution is 2.45. The molecular formula is C24H17BrFN3O. The van der Waals surface area contributed by atoms with Gasteiger partial charge in [-0.3, -0.25) is 14.8 Å². The van der Waals surface area contributed by atoms with Crippen LogP contribution in [-0.2, 0) is 0 Å². The third-order valence-electron chi connectivity index (χ3n) is 5.40. The van der Waals surface area contributed by atoms with Crippen molar-refractivity contribution in [3.63, 3.8) is 0 Å². The average Bonchev–Trinajstić information content (AvgIpc) is 3.29. The molecule has 2 heterocycles. The van der Waals surface area contributed by atoms with Crippen LogP contribution in [-0.4, -0.2) is 16.1 Å². The number of aryl methyl sites for hydroxylation is 1. The monoisotopic (exact) mass is 461 g/mol. The first-order valence-corrected chi connectivity index (χ1v) is 10.3. The molecule has 1 aliphatic heterocycles. The van der Waals surface area contributed by atoms with Crippen molar-refractivity contribution in [1.29, 1.82) is 0 Å². The standard InChI is InChI=1S/C24H17BrFN3O/c1-14-6-12-17(13-7-14)29-23(18-4-2-3-5-19(18)26)20-21(27-28-22(20)24(29)30)15-8-10-16(25)11-9-15/h2-13,23H,1H3,(H,27,28)/t23-/m1/s1. The zero-order valence-corrected chi connectivity index (χ0v) is 17.7. The summed E-state index contributed by atoms with van der Waals surface area (Å²) < 4.78 is 15.9. The molecule has 0 radical (unpaired) electrons. The van der Waals surface area contributed by atoms with Gasteiger partial charge >= 0.3 is 0 Å². The van der Waals surface area contributed by atoms with E-state index in [2.05, 4.69) is 26.1 Å². The summed E-state index contributed by atoms with van der Waals surface area (Å²) in [5.41, 5.74) is 4.82. The van der Waals surface area contributed by atoms with Crippen molar-refractivity contribution >= 4 is 27.5 Å². The minimum Gasteiger partial charge on any atom is -0.295 e. The Morgan fingerprint density at radius 1 is 1.00 bits per heavy atom. The predicted octanol–water partition coefficient (Wildman–Crippen LogP) is 6.04. The molecule has 30 heavy (non-hydrogen) atoms. The fourth-order valence-corrected chi connectivity index (χ4v) is 4.20. The number of aromatic nitrogens is 2. The first kappa shape index (κ1) is 18.8. The first-order chi connectivity index (χ1) is 14.5. The second kappa shape index (κ2) is 7.22. The number of amides is 1. The molecule has 0 bridgehead atoms. The van der Waals surface area contributed by atoms with E-state index in [0.29, 0.717) is 28.2 Å². The fourth-order valence-electron chi connectivity index (χ4n) is 3.94. The SMILES string of the molecule is Cc1ccc(N2C(=O)c3[nH]nc(-c4ccc(Br)cc4)c3[C@H]2c2ccccc2F)cc1. The molecule has 1 atom stereocenters. The van der Waals surface area contributed by atoms with E-state index in [1.165, 1.54) is 6.07 Å². The lowest BCUT2D eigenvalue weighted by molar-refractivity contribution is 0.0988. The number of benzene rings is 3. The molecule has 0 saturated carbocycles. The lowest BCUT2D eigenvalue weighted by Gasteiger charge is -2.27. The maximum Gasteiger partial charge on any atom is 0.277 e. The van der Waals surface area contributed by atoms with Crippen LogP contribution in [0.15, 0.2) is 77.3 Å². The number of nitrogens with zero attached hydrogens (tertiary/aromatic N) is 2. The molecule has 0 aliphatic carbocycles. The molecule has 1 N–H and O–H groups in total. The fraction of sp³-hybridized carbons (Fsp3) is 0.0833. The summed E-state index contributed by atoms with van der Waals surface area (Å²) in [7, 11) is 0. The average molecular weight is 462 g/mol. The van der Waals surface area contributed by atoms with Crippen LogP contribution in [0.2, 0.25) is 0 Å². The van der Waals surface area contributed by atoms with E-state index < -0.39 is 6.04 Å². The smallest absolute Gasteiger partial charge is 0.277 e. The molecule has 6 heteroatoms. The Kier molecular flexibility index (Phi) is 4.51. The summed E-state index contributed by atoms with van der Waals surface area (Å²) in [6.07, 6.45) is 0. The predicted molar refractivity (Wildman–Crippen MR) is 118 cm³/mol. The number of nitrogens with one attached hydrogen (secondary N) is 1. The van der Waals surface area contributed by atoms with Crippen molar-refractivity contribution in [3.05, 3.63) is 105 Å². The molecule has 3 aromatic carbocycles. The summed E-state index contributed by atoms with van der Waals surface area (Å²) in [5, 5.41) is 7.33. The second-order valence-corrected chi connectivity index (χ2v) is 8.22. The van der Waals surface area contributed by atoms with Crippen LogP contribution in [0.25, 0.3) is 11.3 Å². The quantitative estimate of drug-likeness (QED) is 0.404. The molecule has 1 aliphatic rings. The second-order valence-electron chi connectivity index (χ2n) is 7.30. The lowest BCUT2D eigenvalue weighted by atomic mass is 9.95. The zero-order valence-electron chi connectivity index (χ0n) is 16.1. The Balaban J connectivity index is 1.74. The molecule has 0 saturated heterocycles. The summed E-state index contributed by atoms with van der Waals surface area (Å²) in [6.45, 7) is 1.99. The van der Waals surface area contributed by atoms with E-state index in [4.69, 9.17) is 0 Å². The number of anilines is 1. The van der Waals surface area contributed by atoms with E-state index in [0.717, 1.165) is 15.6 Å². The number of H-pyrrole nitrogens is 1. The molecule has 0 spiro atoms. The van der Waals surface area contributed by atoms with Crippen LogP contribution >= 0.6 is 15.9 Å². The van der Waals surface area contributed by atoms with Crippen molar-refractivity contribution < 1.29 is 9.18 Å². The number of carbonyl (C=O) groups excluding carboxylic acids is 1. The summed E-state index contributed by atoms with van der Waals surface area (Å²) in [5.74, 6) is -0.582. The van der Waals surface area contributed by atoms with Crippen molar-refractivity contribution in [2.75, 3.05) is 4.90 Å². The van der Waals surface area contributed by atoms with Crippen LogP contribution in [0.4, 0.5) is 10.1 Å². The van der Waals surface area contributed by atoms with Gasteiger partial charge in [-0.2, -0.15) is 5.10 Å². The highest BCUT2D eigenvalue weighted by atomic mass is 79.9. The van der Waals surface area contributed by atoms with Gasteiger partial charge in [0.1, 0.15) is 11.5 Å². The first-order valence-electron chi connectivity index (χ1n) is 9.53. The van der Waals surface area contributed by atoms with Gasteiger partial charge in [-0.05, 0) is 37.3 Å². The van der Waals surface area contributed by atoms with Crippen molar-refractivity contribution in [1.82, 2.24) is 10.2 Å². The van der Waals surface area contributed by atoms with Gasteiger partial charge in [-0.1, -0.05) is 64.0 Å². The molecule has 1 aromatic heterocycles. The van der Waals surface area contributed by atoms with E-state index >= 15 is 0 Å². The zero-order chi connectivity index (χ0) is 20.8. The van der Waals surface area contributed by atoms with Gasteiger partial charge in [0, 0.05) is 26.9 Å². The van der Waals surface area contributed by atoms with Gasteiger partial charge in [0.2, 0.25) is 0 Å². The van der Waals surface area contributed by atoms with E-state index in [9.17, 15) is 9.18 Å². The molecule has 148 valence electrons. The number of rotatable bonds is 3. The molecule has 1 amide bonds. The van der Waals surface area contributed by atoms with Crippen molar-refractivity contribution in [2.45, 2.75) is 13.0 Å². The Labute approximate surface area is 181 Å². The Bertz CT molecular complexity index is 1250. The van der Waals surface area contributed by atoms with Crippen LogP contribution < -0.4 is 4.90 Å². The maximum atomic E-state index is 14.9. The number of hydrogen-bond donors (Lipinski definition) is 1. The van der Waals surface area contributed by atoms with Gasteiger partial charge in [0.05, 0.1) is 11.7 Å². The summed E-state index contributed by atoms with van der Waals surface area (Å²) in [6, 6.07) is 21.3. The van der Waals surface area contributed by atoms with Gasteiger partial charge in [0.15, 0.2) is 0 Å². The largest absolute Gasteiger partial charge is 0.295 e. The van der Waals surface area contributed by atoms with Crippen molar-refractivity contribution in [2.24, 2.45) is 0 Å². The minimum atomic E-state index is -0.617. The molecular weight excluding hydrogens is 445 g/mol. The van der Waals surface area contributed by atoms with Crippen molar-refractivity contribution in [3.8, 4) is 11.3 Å². The molecule has 5 rings (SSSR count). The van der Waals surface area contributed by atoms with Crippen LogP contribution in [0, 0.1) is 12.7 Å². The number of aromatic amines is 1. The van der Waals surface area contributed by atoms with Gasteiger partial charge in [-0.25, -0.2) is 4.39 Å².